The molecule has 1 saturated heterocycles. The lowest BCUT2D eigenvalue weighted by molar-refractivity contribution is 0.0894. The minimum absolute atomic E-state index is 0.323. The number of ether oxygens (including phenoxy) is 1. The van der Waals surface area contributed by atoms with Crippen LogP contribution in [0.15, 0.2) is 11.2 Å². The van der Waals surface area contributed by atoms with E-state index in [-0.39, 0.29) is 0 Å². The molecular formula is C14H22N4OS. The van der Waals surface area contributed by atoms with E-state index in [0.717, 1.165) is 30.2 Å². The number of aromatic nitrogens is 1. The molecule has 2 aliphatic heterocycles. The third-order valence-electron chi connectivity index (χ3n) is 3.95. The van der Waals surface area contributed by atoms with Crippen LogP contribution < -0.4 is 15.5 Å². The molecule has 2 aliphatic rings. The van der Waals surface area contributed by atoms with E-state index in [1.807, 2.05) is 13.2 Å². The summed E-state index contributed by atoms with van der Waals surface area (Å²) in [5.74, 6) is 0. The van der Waals surface area contributed by atoms with Gasteiger partial charge < -0.3 is 20.3 Å². The molecule has 0 spiro atoms. The summed E-state index contributed by atoms with van der Waals surface area (Å²) < 4.78 is 5.55. The average Bonchev–Trinajstić information content (AvgIpc) is 2.86. The first-order valence-electron chi connectivity index (χ1n) is 7.14. The summed E-state index contributed by atoms with van der Waals surface area (Å²) >= 11 is 1.79. The Balaban J connectivity index is 1.97. The molecule has 0 bridgehead atoms. The molecule has 0 aromatic carbocycles. The van der Waals surface area contributed by atoms with Crippen LogP contribution >= 0.6 is 11.8 Å². The molecule has 3 rings (SSSR count). The lowest BCUT2D eigenvalue weighted by Gasteiger charge is -2.35. The summed E-state index contributed by atoms with van der Waals surface area (Å²) in [6.07, 6.45) is 4.58. The molecule has 0 amide bonds. The molecule has 0 saturated carbocycles. The molecule has 0 aliphatic carbocycles. The molecule has 1 aromatic heterocycles. The number of thioether (sulfide) groups is 1. The highest BCUT2D eigenvalue weighted by atomic mass is 32.2. The van der Waals surface area contributed by atoms with Gasteiger partial charge in [0.15, 0.2) is 0 Å². The number of piperidine rings is 1. The molecule has 2 atom stereocenters. The molecule has 2 N–H and O–H groups in total. The van der Waals surface area contributed by atoms with Crippen molar-refractivity contribution in [3.8, 4) is 0 Å². The molecule has 20 heavy (non-hydrogen) atoms. The topological polar surface area (TPSA) is 49.4 Å². The maximum atomic E-state index is 5.55. The minimum atomic E-state index is 0.323. The molecule has 6 heteroatoms. The van der Waals surface area contributed by atoms with Crippen LogP contribution in [-0.2, 0) is 4.74 Å². The fourth-order valence-electron chi connectivity index (χ4n) is 2.95. The Morgan fingerprint density at radius 2 is 2.40 bits per heavy atom. The third kappa shape index (κ3) is 2.42. The van der Waals surface area contributed by atoms with Gasteiger partial charge in [0, 0.05) is 27.2 Å². The molecule has 0 radical (unpaired) electrons. The van der Waals surface area contributed by atoms with Gasteiger partial charge in [-0.3, -0.25) is 0 Å². The Labute approximate surface area is 124 Å². The van der Waals surface area contributed by atoms with Gasteiger partial charge in [-0.15, -0.1) is 0 Å². The summed E-state index contributed by atoms with van der Waals surface area (Å²) in [4.78, 5) is 6.98. The maximum Gasteiger partial charge on any atom is 0.123 e. The van der Waals surface area contributed by atoms with Crippen molar-refractivity contribution >= 4 is 28.8 Å². The first kappa shape index (κ1) is 13.8. The zero-order valence-corrected chi connectivity index (χ0v) is 13.1. The number of methoxy groups -OCH3 is 1. The normalized spacial score (nSPS) is 25.2. The molecule has 1 fully saturated rings. The lowest BCUT2D eigenvalue weighted by Crippen LogP contribution is -2.40. The molecule has 110 valence electrons. The van der Waals surface area contributed by atoms with Crippen molar-refractivity contribution in [3.63, 3.8) is 0 Å². The number of anilines is 3. The summed E-state index contributed by atoms with van der Waals surface area (Å²) in [7, 11) is 3.76. The van der Waals surface area contributed by atoms with E-state index < -0.39 is 0 Å². The van der Waals surface area contributed by atoms with E-state index >= 15 is 0 Å². The summed E-state index contributed by atoms with van der Waals surface area (Å²) in [5.41, 5.74) is 3.50. The van der Waals surface area contributed by atoms with Gasteiger partial charge in [0.25, 0.3) is 0 Å². The summed E-state index contributed by atoms with van der Waals surface area (Å²) in [6, 6.07) is 0. The van der Waals surface area contributed by atoms with Crippen LogP contribution in [0.5, 0.6) is 0 Å². The van der Waals surface area contributed by atoms with Crippen molar-refractivity contribution in [3.05, 3.63) is 6.20 Å². The number of nitrogens with zero attached hydrogens (tertiary/aromatic N) is 2. The van der Waals surface area contributed by atoms with Crippen LogP contribution in [0.25, 0.3) is 0 Å². The number of fused-ring (bicyclic) bond motifs is 1. The predicted molar refractivity (Wildman–Crippen MR) is 85.0 cm³/mol. The van der Waals surface area contributed by atoms with Crippen LogP contribution in [0.2, 0.25) is 0 Å². The van der Waals surface area contributed by atoms with Gasteiger partial charge in [-0.05, 0) is 19.8 Å². The lowest BCUT2D eigenvalue weighted by atomic mass is 10.1. The second kappa shape index (κ2) is 5.69. The molecule has 2 unspecified atom stereocenters. The summed E-state index contributed by atoms with van der Waals surface area (Å²) in [6.45, 7) is 4.19. The monoisotopic (exact) mass is 294 g/mol. The van der Waals surface area contributed by atoms with Crippen molar-refractivity contribution in [1.82, 2.24) is 4.98 Å². The smallest absolute Gasteiger partial charge is 0.123 e. The Bertz CT molecular complexity index is 496. The first-order chi connectivity index (χ1) is 9.72. The van der Waals surface area contributed by atoms with E-state index in [1.165, 1.54) is 17.8 Å². The number of pyridine rings is 1. The SMILES string of the molecule is CNc1cnc2c(c1N1CCCC(OC)C1)NC(C)S2. The van der Waals surface area contributed by atoms with E-state index in [9.17, 15) is 0 Å². The van der Waals surface area contributed by atoms with Crippen LogP contribution in [0.3, 0.4) is 0 Å². The highest BCUT2D eigenvalue weighted by molar-refractivity contribution is 8.00. The van der Waals surface area contributed by atoms with Crippen molar-refractivity contribution in [1.29, 1.82) is 0 Å². The highest BCUT2D eigenvalue weighted by Crippen LogP contribution is 2.46. The van der Waals surface area contributed by atoms with Gasteiger partial charge >= 0.3 is 0 Å². The van der Waals surface area contributed by atoms with E-state index in [2.05, 4.69) is 27.4 Å². The third-order valence-corrected chi connectivity index (χ3v) is 4.95. The minimum Gasteiger partial charge on any atom is -0.385 e. The number of hydrogen-bond donors (Lipinski definition) is 2. The van der Waals surface area contributed by atoms with E-state index in [0.29, 0.717) is 11.5 Å². The summed E-state index contributed by atoms with van der Waals surface area (Å²) in [5, 5.41) is 8.31. The second-order valence-electron chi connectivity index (χ2n) is 5.30. The molecule has 5 nitrogen and oxygen atoms in total. The Hall–Kier alpha value is -1.14. The Morgan fingerprint density at radius 3 is 3.15 bits per heavy atom. The fraction of sp³-hybridized carbons (Fsp3) is 0.643. The number of nitrogens with one attached hydrogen (secondary N) is 2. The van der Waals surface area contributed by atoms with Crippen molar-refractivity contribution in [2.24, 2.45) is 0 Å². The zero-order valence-electron chi connectivity index (χ0n) is 12.3. The molecule has 1 aromatic rings. The number of hydrogen-bond acceptors (Lipinski definition) is 6. The Kier molecular flexibility index (Phi) is 3.94. The van der Waals surface area contributed by atoms with Gasteiger partial charge in [-0.1, -0.05) is 11.8 Å². The zero-order chi connectivity index (χ0) is 14.1. The maximum absolute atomic E-state index is 5.55. The van der Waals surface area contributed by atoms with Gasteiger partial charge in [0.05, 0.1) is 34.7 Å². The van der Waals surface area contributed by atoms with Gasteiger partial charge in [0.2, 0.25) is 0 Å². The van der Waals surface area contributed by atoms with Crippen molar-refractivity contribution in [2.45, 2.75) is 36.3 Å². The largest absolute Gasteiger partial charge is 0.385 e. The highest BCUT2D eigenvalue weighted by Gasteiger charge is 2.29. The fourth-order valence-corrected chi connectivity index (χ4v) is 3.85. The van der Waals surface area contributed by atoms with E-state index in [4.69, 9.17) is 4.74 Å². The number of rotatable bonds is 3. The second-order valence-corrected chi connectivity index (χ2v) is 6.63. The van der Waals surface area contributed by atoms with Gasteiger partial charge in [-0.2, -0.15) is 0 Å². The van der Waals surface area contributed by atoms with Crippen molar-refractivity contribution < 1.29 is 4.74 Å². The van der Waals surface area contributed by atoms with Gasteiger partial charge in [-0.25, -0.2) is 4.98 Å². The quantitative estimate of drug-likeness (QED) is 0.893. The van der Waals surface area contributed by atoms with Gasteiger partial charge in [0.1, 0.15) is 5.03 Å². The first-order valence-corrected chi connectivity index (χ1v) is 8.02. The van der Waals surface area contributed by atoms with Crippen molar-refractivity contribution in [2.75, 3.05) is 42.8 Å². The Morgan fingerprint density at radius 1 is 1.55 bits per heavy atom. The standard InChI is InChI=1S/C14H22N4OS/c1-9-17-12-13(11(15-2)7-16-14(12)20-9)18-6-4-5-10(8-18)19-3/h7,9-10,15,17H,4-6,8H2,1-3H3. The van der Waals surface area contributed by atoms with Crippen LogP contribution in [0.1, 0.15) is 19.8 Å². The molecule has 3 heterocycles. The average molecular weight is 294 g/mol. The van der Waals surface area contributed by atoms with Crippen LogP contribution in [0.4, 0.5) is 17.1 Å². The molecular weight excluding hydrogens is 272 g/mol. The van der Waals surface area contributed by atoms with E-state index in [1.54, 1.807) is 18.9 Å². The van der Waals surface area contributed by atoms with Crippen LogP contribution in [-0.4, -0.2) is 43.7 Å². The van der Waals surface area contributed by atoms with Crippen LogP contribution in [0, 0.1) is 0 Å². The predicted octanol–water partition coefficient (Wildman–Crippen LogP) is 2.60.